The van der Waals surface area contributed by atoms with E-state index in [0.29, 0.717) is 25.2 Å². The van der Waals surface area contributed by atoms with E-state index in [0.717, 1.165) is 0 Å². The van der Waals surface area contributed by atoms with Crippen LogP contribution >= 0.6 is 0 Å². The van der Waals surface area contributed by atoms with Gasteiger partial charge in [-0.2, -0.15) is 0 Å². The van der Waals surface area contributed by atoms with Gasteiger partial charge in [0.2, 0.25) is 0 Å². The van der Waals surface area contributed by atoms with Crippen LogP contribution in [0.5, 0.6) is 0 Å². The van der Waals surface area contributed by atoms with Crippen molar-refractivity contribution in [2.75, 3.05) is 19.0 Å². The molecular weight excluding hydrogens is 204 g/mol. The number of esters is 1. The van der Waals surface area contributed by atoms with Crippen molar-refractivity contribution in [3.63, 3.8) is 0 Å². The Balaban J connectivity index is 4.10. The van der Waals surface area contributed by atoms with Crippen molar-refractivity contribution >= 4 is 16.8 Å². The quantitative estimate of drug-likeness (QED) is 0.636. The highest BCUT2D eigenvalue weighted by atomic mass is 32.2. The lowest BCUT2D eigenvalue weighted by atomic mass is 10.3. The van der Waals surface area contributed by atoms with Gasteiger partial charge in [-0.3, -0.25) is 9.00 Å². The summed E-state index contributed by atoms with van der Waals surface area (Å²) in [5.41, 5.74) is 0. The molecule has 1 N–H and O–H groups in total. The Morgan fingerprint density at radius 1 is 1.50 bits per heavy atom. The first-order valence-corrected chi connectivity index (χ1v) is 6.20. The van der Waals surface area contributed by atoms with Crippen molar-refractivity contribution in [3.8, 4) is 0 Å². The van der Waals surface area contributed by atoms with Gasteiger partial charge in [0.05, 0.1) is 6.61 Å². The van der Waals surface area contributed by atoms with E-state index in [1.165, 1.54) is 0 Å². The van der Waals surface area contributed by atoms with Gasteiger partial charge in [-0.05, 0) is 19.8 Å². The molecule has 0 aromatic carbocycles. The van der Waals surface area contributed by atoms with E-state index in [2.05, 4.69) is 0 Å². The van der Waals surface area contributed by atoms with Crippen molar-refractivity contribution in [2.45, 2.75) is 31.9 Å². The highest BCUT2D eigenvalue weighted by Crippen LogP contribution is 2.06. The molecule has 4 nitrogen and oxygen atoms in total. The summed E-state index contributed by atoms with van der Waals surface area (Å²) in [6.45, 7) is 3.84. The van der Waals surface area contributed by atoms with Gasteiger partial charge < -0.3 is 9.84 Å². The maximum absolute atomic E-state index is 11.5. The first-order valence-electron chi connectivity index (χ1n) is 4.82. The summed E-state index contributed by atoms with van der Waals surface area (Å²) < 4.78 is 16.4. The summed E-state index contributed by atoms with van der Waals surface area (Å²) in [6, 6.07) is 0. The van der Waals surface area contributed by atoms with Crippen LogP contribution in [-0.2, 0) is 20.3 Å². The number of carbonyl (C=O) groups excluding carboxylic acids is 1. The van der Waals surface area contributed by atoms with Gasteiger partial charge in [0, 0.05) is 23.2 Å². The molecule has 0 aliphatic carbocycles. The van der Waals surface area contributed by atoms with Crippen LogP contribution < -0.4 is 0 Å². The topological polar surface area (TPSA) is 63.6 Å². The van der Waals surface area contributed by atoms with Crippen LogP contribution in [0.4, 0.5) is 0 Å². The average molecular weight is 222 g/mol. The van der Waals surface area contributed by atoms with Crippen LogP contribution in [-0.4, -0.2) is 39.5 Å². The van der Waals surface area contributed by atoms with Gasteiger partial charge in [-0.1, -0.05) is 6.92 Å². The van der Waals surface area contributed by atoms with E-state index in [1.54, 1.807) is 13.8 Å². The molecule has 0 amide bonds. The first kappa shape index (κ1) is 13.6. The van der Waals surface area contributed by atoms with E-state index >= 15 is 0 Å². The molecule has 0 heterocycles. The van der Waals surface area contributed by atoms with Crippen molar-refractivity contribution in [1.82, 2.24) is 0 Å². The van der Waals surface area contributed by atoms with Crippen LogP contribution in [0.3, 0.4) is 0 Å². The summed E-state index contributed by atoms with van der Waals surface area (Å²) in [5.74, 6) is -0.0420. The number of hydrogen-bond acceptors (Lipinski definition) is 4. The molecule has 5 heteroatoms. The average Bonchev–Trinajstić information content (AvgIpc) is 2.16. The van der Waals surface area contributed by atoms with Crippen molar-refractivity contribution in [1.29, 1.82) is 0 Å². The van der Waals surface area contributed by atoms with Crippen LogP contribution in [0.15, 0.2) is 0 Å². The van der Waals surface area contributed by atoms with Crippen LogP contribution in [0.1, 0.15) is 26.7 Å². The lowest BCUT2D eigenvalue weighted by Crippen LogP contribution is -2.29. The minimum atomic E-state index is -1.22. The van der Waals surface area contributed by atoms with E-state index in [4.69, 9.17) is 9.84 Å². The molecule has 0 aliphatic heterocycles. The third-order valence-corrected chi connectivity index (χ3v) is 3.59. The molecule has 0 saturated carbocycles. The zero-order valence-corrected chi connectivity index (χ0v) is 9.51. The summed E-state index contributed by atoms with van der Waals surface area (Å²) in [5, 5.41) is 8.02. The smallest absolute Gasteiger partial charge is 0.321 e. The summed E-state index contributed by atoms with van der Waals surface area (Å²) in [7, 11) is -1.22. The molecule has 2 unspecified atom stereocenters. The van der Waals surface area contributed by atoms with E-state index < -0.39 is 22.0 Å². The molecule has 0 aromatic heterocycles. The Kier molecular flexibility index (Phi) is 7.70. The molecule has 0 bridgehead atoms. The lowest BCUT2D eigenvalue weighted by Gasteiger charge is -2.12. The lowest BCUT2D eigenvalue weighted by molar-refractivity contribution is -0.142. The van der Waals surface area contributed by atoms with Gasteiger partial charge >= 0.3 is 5.97 Å². The molecular formula is C9H18O4S. The highest BCUT2D eigenvalue weighted by molar-refractivity contribution is 7.86. The molecule has 0 saturated heterocycles. The number of rotatable bonds is 7. The molecule has 0 spiro atoms. The van der Waals surface area contributed by atoms with E-state index in [1.807, 2.05) is 0 Å². The summed E-state index contributed by atoms with van der Waals surface area (Å²) in [4.78, 5) is 11.3. The van der Waals surface area contributed by atoms with Gasteiger partial charge in [-0.15, -0.1) is 0 Å². The van der Waals surface area contributed by atoms with Gasteiger partial charge in [0.1, 0.15) is 5.25 Å². The predicted octanol–water partition coefficient (Wildman–Crippen LogP) is 0.459. The van der Waals surface area contributed by atoms with Crippen LogP contribution in [0.2, 0.25) is 0 Å². The molecule has 0 rings (SSSR count). The normalized spacial score (nSPS) is 14.8. The molecule has 0 aromatic rings. The maximum atomic E-state index is 11.5. The molecule has 2 atom stereocenters. The minimum Gasteiger partial charge on any atom is -0.465 e. The molecule has 0 fully saturated rings. The summed E-state index contributed by atoms with van der Waals surface area (Å²) >= 11 is 0. The first-order chi connectivity index (χ1) is 6.67. The third kappa shape index (κ3) is 4.72. The highest BCUT2D eigenvalue weighted by Gasteiger charge is 2.23. The minimum absolute atomic E-state index is 0.00496. The Bertz CT molecular complexity index is 193. The molecule has 0 radical (unpaired) electrons. The van der Waals surface area contributed by atoms with Crippen molar-refractivity contribution < 1.29 is 18.8 Å². The zero-order chi connectivity index (χ0) is 11.0. The number of hydrogen-bond donors (Lipinski definition) is 1. The standard InChI is InChI=1S/C9H18O4S/c1-3-8(9(11)13-4-2)14(12)7-5-6-10/h8,10H,3-7H2,1-2H3. The second-order valence-electron chi connectivity index (χ2n) is 2.81. The molecule has 0 aliphatic rings. The zero-order valence-electron chi connectivity index (χ0n) is 8.69. The predicted molar refractivity (Wildman–Crippen MR) is 55.4 cm³/mol. The fourth-order valence-corrected chi connectivity index (χ4v) is 2.40. The second-order valence-corrected chi connectivity index (χ2v) is 4.55. The Hall–Kier alpha value is -0.420. The number of aliphatic hydroxyl groups excluding tert-OH is 1. The Morgan fingerprint density at radius 3 is 2.57 bits per heavy atom. The SMILES string of the molecule is CCOC(=O)C(CC)S(=O)CCCO. The van der Waals surface area contributed by atoms with Crippen molar-refractivity contribution in [2.24, 2.45) is 0 Å². The number of aliphatic hydroxyl groups is 1. The number of carbonyl (C=O) groups is 1. The fraction of sp³-hybridized carbons (Fsp3) is 0.889. The second kappa shape index (κ2) is 7.94. The Morgan fingerprint density at radius 2 is 2.14 bits per heavy atom. The monoisotopic (exact) mass is 222 g/mol. The third-order valence-electron chi connectivity index (χ3n) is 1.74. The number of ether oxygens (including phenoxy) is 1. The largest absolute Gasteiger partial charge is 0.465 e. The van der Waals surface area contributed by atoms with Crippen LogP contribution in [0.25, 0.3) is 0 Å². The van der Waals surface area contributed by atoms with Gasteiger partial charge in [-0.25, -0.2) is 0 Å². The van der Waals surface area contributed by atoms with Gasteiger partial charge in [0.25, 0.3) is 0 Å². The maximum Gasteiger partial charge on any atom is 0.321 e. The van der Waals surface area contributed by atoms with Gasteiger partial charge in [0.15, 0.2) is 0 Å². The molecule has 14 heavy (non-hydrogen) atoms. The van der Waals surface area contributed by atoms with Crippen LogP contribution in [0, 0.1) is 0 Å². The van der Waals surface area contributed by atoms with Crippen molar-refractivity contribution in [3.05, 3.63) is 0 Å². The van der Waals surface area contributed by atoms with E-state index in [-0.39, 0.29) is 6.61 Å². The van der Waals surface area contributed by atoms with E-state index in [9.17, 15) is 9.00 Å². The fourth-order valence-electron chi connectivity index (χ4n) is 1.04. The Labute approximate surface area is 87.1 Å². The summed E-state index contributed by atoms with van der Waals surface area (Å²) in [6.07, 6.45) is 0.972. The molecule has 84 valence electrons.